The maximum atomic E-state index is 9.19. The van der Waals surface area contributed by atoms with Gasteiger partial charge >= 0.3 is 0 Å². The third-order valence-corrected chi connectivity index (χ3v) is 7.30. The number of hydrogen-bond donors (Lipinski definition) is 1. The lowest BCUT2D eigenvalue weighted by atomic mass is 10.1. The zero-order chi connectivity index (χ0) is 27.1. The summed E-state index contributed by atoms with van der Waals surface area (Å²) >= 11 is 0. The van der Waals surface area contributed by atoms with Crippen LogP contribution in [0.15, 0.2) is 48.5 Å². The van der Waals surface area contributed by atoms with Gasteiger partial charge in [0.1, 0.15) is 13.1 Å². The van der Waals surface area contributed by atoms with Crippen LogP contribution >= 0.6 is 0 Å². The summed E-state index contributed by atoms with van der Waals surface area (Å²) in [6.07, 6.45) is 0.715. The second-order valence-corrected chi connectivity index (χ2v) is 11.1. The van der Waals surface area contributed by atoms with Crippen molar-refractivity contribution in [2.45, 2.75) is 68.5 Å². The summed E-state index contributed by atoms with van der Waals surface area (Å²) in [6.45, 7) is 27.7. The largest absolute Gasteiger partial charge is 1.00 e. The molecule has 0 amide bonds. The Labute approximate surface area is 228 Å². The standard InChI is InChI=1S/2C14H24N.CH4O3S.ClH/c2*1-5-15(6-2,7-3)12-14-10-8-13(4)9-11-14;1-5(2,3)4;/h2*8-11H,5-7,12H2,1-4H3;1H3,(H,2,3,4);1H/q2*+1;;/p-1. The molecule has 0 radical (unpaired) electrons. The Morgan fingerprint density at radius 2 is 0.778 bits per heavy atom. The van der Waals surface area contributed by atoms with Gasteiger partial charge in [-0.05, 0) is 55.4 Å². The van der Waals surface area contributed by atoms with E-state index in [0.717, 1.165) is 0 Å². The summed E-state index contributed by atoms with van der Waals surface area (Å²) in [5.41, 5.74) is 5.62. The van der Waals surface area contributed by atoms with E-state index in [0.29, 0.717) is 6.26 Å². The van der Waals surface area contributed by atoms with E-state index < -0.39 is 10.1 Å². The second kappa shape index (κ2) is 17.9. The predicted octanol–water partition coefficient (Wildman–Crippen LogP) is 3.25. The van der Waals surface area contributed by atoms with Crippen molar-refractivity contribution in [3.63, 3.8) is 0 Å². The summed E-state index contributed by atoms with van der Waals surface area (Å²) in [6, 6.07) is 17.9. The Bertz CT molecular complexity index is 834. The average Bonchev–Trinajstić information content (AvgIpc) is 2.83. The van der Waals surface area contributed by atoms with Crippen molar-refractivity contribution in [1.82, 2.24) is 0 Å². The number of benzene rings is 2. The molecule has 36 heavy (non-hydrogen) atoms. The Hall–Kier alpha value is -1.44. The smallest absolute Gasteiger partial charge is 0.261 e. The molecule has 2 aromatic rings. The summed E-state index contributed by atoms with van der Waals surface area (Å²) in [4.78, 5) is 0. The van der Waals surface area contributed by atoms with E-state index in [9.17, 15) is 8.42 Å². The average molecular weight is 544 g/mol. The first kappa shape index (κ1) is 36.7. The van der Waals surface area contributed by atoms with Gasteiger partial charge in [-0.15, -0.1) is 0 Å². The number of quaternary nitrogens is 2. The normalized spacial score (nSPS) is 11.4. The minimum absolute atomic E-state index is 0. The molecule has 0 aromatic heterocycles. The molecule has 1 N–H and O–H groups in total. The summed E-state index contributed by atoms with van der Waals surface area (Å²) in [5, 5.41) is 0. The number of rotatable bonds is 10. The first-order valence-electron chi connectivity index (χ1n) is 13.0. The van der Waals surface area contributed by atoms with Crippen LogP contribution in [0.25, 0.3) is 0 Å². The van der Waals surface area contributed by atoms with Gasteiger partial charge in [0, 0.05) is 11.1 Å². The lowest BCUT2D eigenvalue weighted by Crippen LogP contribution is -3.00. The quantitative estimate of drug-likeness (QED) is 0.370. The molecule has 0 saturated carbocycles. The first-order valence-corrected chi connectivity index (χ1v) is 14.9. The predicted molar refractivity (Wildman–Crippen MR) is 151 cm³/mol. The molecule has 0 saturated heterocycles. The summed E-state index contributed by atoms with van der Waals surface area (Å²) in [5.74, 6) is 0. The minimum atomic E-state index is -3.67. The molecule has 0 atom stereocenters. The van der Waals surface area contributed by atoms with Crippen molar-refractivity contribution >= 4 is 10.1 Å². The minimum Gasteiger partial charge on any atom is -1.00 e. The second-order valence-electron chi connectivity index (χ2n) is 9.60. The summed E-state index contributed by atoms with van der Waals surface area (Å²) < 4.78 is 28.3. The van der Waals surface area contributed by atoms with Crippen LogP contribution in [-0.2, 0) is 23.2 Å². The maximum Gasteiger partial charge on any atom is 0.261 e. The van der Waals surface area contributed by atoms with Crippen molar-refractivity contribution in [2.24, 2.45) is 0 Å². The topological polar surface area (TPSA) is 54.4 Å². The number of hydrogen-bond acceptors (Lipinski definition) is 2. The van der Waals surface area contributed by atoms with Crippen molar-refractivity contribution in [1.29, 1.82) is 0 Å². The number of nitrogens with zero attached hydrogens (tertiary/aromatic N) is 2. The molecule has 0 aliphatic rings. The molecule has 208 valence electrons. The van der Waals surface area contributed by atoms with Crippen LogP contribution in [0.5, 0.6) is 0 Å². The van der Waals surface area contributed by atoms with E-state index in [2.05, 4.69) is 104 Å². The highest BCUT2D eigenvalue weighted by Crippen LogP contribution is 2.15. The molecule has 0 aliphatic carbocycles. The fourth-order valence-electron chi connectivity index (χ4n) is 4.17. The van der Waals surface area contributed by atoms with Crippen molar-refractivity contribution in [3.8, 4) is 0 Å². The van der Waals surface area contributed by atoms with Gasteiger partial charge in [-0.2, -0.15) is 8.42 Å². The number of halogens is 1. The van der Waals surface area contributed by atoms with Crippen LogP contribution in [0.1, 0.15) is 63.8 Å². The Morgan fingerprint density at radius 3 is 0.944 bits per heavy atom. The van der Waals surface area contributed by atoms with Crippen LogP contribution in [0, 0.1) is 13.8 Å². The van der Waals surface area contributed by atoms with Crippen molar-refractivity contribution in [3.05, 3.63) is 70.8 Å². The molecule has 0 fully saturated rings. The van der Waals surface area contributed by atoms with E-state index in [1.807, 2.05) is 0 Å². The third kappa shape index (κ3) is 15.0. The maximum absolute atomic E-state index is 9.19. The molecule has 0 spiro atoms. The van der Waals surface area contributed by atoms with E-state index in [-0.39, 0.29) is 12.4 Å². The molecular weight excluding hydrogens is 492 g/mol. The van der Waals surface area contributed by atoms with Gasteiger partial charge in [-0.25, -0.2) is 0 Å². The zero-order valence-corrected chi connectivity index (χ0v) is 25.8. The van der Waals surface area contributed by atoms with Gasteiger partial charge in [0.25, 0.3) is 10.1 Å². The van der Waals surface area contributed by atoms with Crippen molar-refractivity contribution in [2.75, 3.05) is 45.5 Å². The molecular formula is C29H52ClN2O3S+. The number of aryl methyl sites for hydroxylation is 2. The zero-order valence-electron chi connectivity index (χ0n) is 24.2. The fourth-order valence-corrected chi connectivity index (χ4v) is 4.17. The van der Waals surface area contributed by atoms with Gasteiger partial charge in [0.2, 0.25) is 0 Å². The molecule has 5 nitrogen and oxygen atoms in total. The van der Waals surface area contributed by atoms with Gasteiger partial charge in [-0.3, -0.25) is 4.55 Å². The monoisotopic (exact) mass is 543 g/mol. The van der Waals surface area contributed by atoms with Gasteiger partial charge in [0.05, 0.1) is 45.5 Å². The Kier molecular flexibility index (Phi) is 18.3. The molecule has 0 heterocycles. The van der Waals surface area contributed by atoms with Crippen LogP contribution < -0.4 is 12.4 Å². The molecule has 0 unspecified atom stereocenters. The summed E-state index contributed by atoms with van der Waals surface area (Å²) in [7, 11) is -3.67. The molecule has 2 aromatic carbocycles. The van der Waals surface area contributed by atoms with Crippen molar-refractivity contribution < 1.29 is 34.3 Å². The molecule has 0 bridgehead atoms. The first-order chi connectivity index (χ1) is 16.3. The third-order valence-electron chi connectivity index (χ3n) is 7.30. The highest BCUT2D eigenvalue weighted by molar-refractivity contribution is 7.85. The van der Waals surface area contributed by atoms with E-state index in [1.54, 1.807) is 0 Å². The van der Waals surface area contributed by atoms with E-state index in [4.69, 9.17) is 4.55 Å². The van der Waals surface area contributed by atoms with Gasteiger partial charge in [-0.1, -0.05) is 59.7 Å². The fraction of sp³-hybridized carbons (Fsp3) is 0.586. The Balaban J connectivity index is 0. The highest BCUT2D eigenvalue weighted by Gasteiger charge is 2.21. The van der Waals surface area contributed by atoms with E-state index in [1.165, 1.54) is 83.6 Å². The van der Waals surface area contributed by atoms with Gasteiger partial charge in [0.15, 0.2) is 0 Å². The van der Waals surface area contributed by atoms with Crippen LogP contribution in [0.4, 0.5) is 0 Å². The SMILES string of the molecule is CC[N+](CC)(CC)Cc1ccc(C)cc1.CC[N+](CC)(CC)Cc1ccc(C)cc1.CS(=O)(=O)O.[Cl-]. The molecule has 7 heteroatoms. The Morgan fingerprint density at radius 1 is 0.583 bits per heavy atom. The lowest BCUT2D eigenvalue weighted by molar-refractivity contribution is -0.936. The highest BCUT2D eigenvalue weighted by atomic mass is 35.5. The van der Waals surface area contributed by atoms with Crippen LogP contribution in [0.2, 0.25) is 0 Å². The van der Waals surface area contributed by atoms with Gasteiger partial charge < -0.3 is 21.4 Å². The van der Waals surface area contributed by atoms with Crippen LogP contribution in [0.3, 0.4) is 0 Å². The van der Waals surface area contributed by atoms with E-state index >= 15 is 0 Å². The van der Waals surface area contributed by atoms with Crippen LogP contribution in [-0.4, -0.2) is 67.5 Å². The molecule has 0 aliphatic heterocycles. The lowest BCUT2D eigenvalue weighted by Gasteiger charge is -2.35. The molecule has 2 rings (SSSR count).